The minimum atomic E-state index is 0.0409. The van der Waals surface area contributed by atoms with E-state index in [2.05, 4.69) is 113 Å². The van der Waals surface area contributed by atoms with Crippen LogP contribution in [0.15, 0.2) is 103 Å². The van der Waals surface area contributed by atoms with Gasteiger partial charge >= 0.3 is 0 Å². The second-order valence-electron chi connectivity index (χ2n) is 11.6. The van der Waals surface area contributed by atoms with Gasteiger partial charge in [-0.1, -0.05) is 103 Å². The third kappa shape index (κ3) is 5.49. The Labute approximate surface area is 228 Å². The summed E-state index contributed by atoms with van der Waals surface area (Å²) in [6, 6.07) is 32.6. The van der Waals surface area contributed by atoms with Crippen LogP contribution in [0.5, 0.6) is 0 Å². The zero-order chi connectivity index (χ0) is 25.7. The van der Waals surface area contributed by atoms with Gasteiger partial charge in [-0.05, 0) is 67.3 Å². The highest BCUT2D eigenvalue weighted by molar-refractivity contribution is 5.81. The van der Waals surface area contributed by atoms with Gasteiger partial charge in [-0.15, -0.1) is 0 Å². The SMILES string of the molecule is O=C([C@@H]1CCC=C[C@@H]1c1ccccc1)N1CC(CN2CCC(c3ccccc3)CC2)C(c2ccccc2)C1. The van der Waals surface area contributed by atoms with E-state index < -0.39 is 0 Å². The molecule has 2 unspecified atom stereocenters. The lowest BCUT2D eigenvalue weighted by Gasteiger charge is -2.35. The van der Waals surface area contributed by atoms with Crippen molar-refractivity contribution in [2.75, 3.05) is 32.7 Å². The number of carbonyl (C=O) groups excluding carboxylic acids is 1. The molecule has 196 valence electrons. The van der Waals surface area contributed by atoms with E-state index in [9.17, 15) is 4.79 Å². The number of nitrogens with zero attached hydrogens (tertiary/aromatic N) is 2. The third-order valence-electron chi connectivity index (χ3n) is 9.25. The summed E-state index contributed by atoms with van der Waals surface area (Å²) in [5, 5.41) is 0. The lowest BCUT2D eigenvalue weighted by atomic mass is 9.79. The summed E-state index contributed by atoms with van der Waals surface area (Å²) in [6.07, 6.45) is 8.93. The largest absolute Gasteiger partial charge is 0.341 e. The highest BCUT2D eigenvalue weighted by Gasteiger charge is 2.41. The molecule has 0 N–H and O–H groups in total. The number of hydrogen-bond acceptors (Lipinski definition) is 2. The molecule has 0 saturated carbocycles. The van der Waals surface area contributed by atoms with E-state index >= 15 is 0 Å². The van der Waals surface area contributed by atoms with E-state index in [1.165, 1.54) is 29.5 Å². The molecule has 4 atom stereocenters. The summed E-state index contributed by atoms with van der Waals surface area (Å²) in [5.41, 5.74) is 4.13. The quantitative estimate of drug-likeness (QED) is 0.343. The van der Waals surface area contributed by atoms with Crippen LogP contribution in [0.1, 0.15) is 60.1 Å². The lowest BCUT2D eigenvalue weighted by Crippen LogP contribution is -2.40. The van der Waals surface area contributed by atoms with Crippen LogP contribution < -0.4 is 0 Å². The Morgan fingerprint density at radius 3 is 1.97 bits per heavy atom. The molecule has 3 aliphatic rings. The molecule has 3 heteroatoms. The number of hydrogen-bond donors (Lipinski definition) is 0. The average Bonchev–Trinajstić information content (AvgIpc) is 3.42. The number of allylic oxidation sites excluding steroid dienone is 2. The molecule has 2 aliphatic heterocycles. The lowest BCUT2D eigenvalue weighted by molar-refractivity contribution is -0.135. The summed E-state index contributed by atoms with van der Waals surface area (Å²) in [5.74, 6) is 2.14. The minimum Gasteiger partial charge on any atom is -0.341 e. The van der Waals surface area contributed by atoms with E-state index in [1.807, 2.05) is 0 Å². The van der Waals surface area contributed by atoms with E-state index in [0.29, 0.717) is 23.7 Å². The molecule has 0 radical (unpaired) electrons. The summed E-state index contributed by atoms with van der Waals surface area (Å²) in [4.78, 5) is 19.0. The van der Waals surface area contributed by atoms with Crippen molar-refractivity contribution < 1.29 is 4.79 Å². The monoisotopic (exact) mass is 504 g/mol. The van der Waals surface area contributed by atoms with Crippen molar-refractivity contribution >= 4 is 5.91 Å². The predicted molar refractivity (Wildman–Crippen MR) is 155 cm³/mol. The van der Waals surface area contributed by atoms with Gasteiger partial charge in [-0.25, -0.2) is 0 Å². The van der Waals surface area contributed by atoms with Gasteiger partial charge in [0.05, 0.1) is 0 Å². The van der Waals surface area contributed by atoms with Gasteiger partial charge in [0.1, 0.15) is 0 Å². The molecule has 0 aromatic heterocycles. The fraction of sp³-hybridized carbons (Fsp3) is 0.400. The first kappa shape index (κ1) is 25.1. The Kier molecular flexibility index (Phi) is 7.74. The van der Waals surface area contributed by atoms with Crippen molar-refractivity contribution in [3.05, 3.63) is 120 Å². The Morgan fingerprint density at radius 2 is 1.32 bits per heavy atom. The number of carbonyl (C=O) groups is 1. The standard InChI is InChI=1S/C35H40N2O/c38-35(33-19-11-10-18-32(33)29-14-6-2-7-15-29)37-25-31(34(26-37)30-16-8-3-9-17-30)24-36-22-20-28(21-23-36)27-12-4-1-5-13-27/h1-10,12-18,28,31-34H,11,19-26H2/t31?,32-,33-,34?/m1/s1. The first-order chi connectivity index (χ1) is 18.8. The van der Waals surface area contributed by atoms with Crippen molar-refractivity contribution in [3.63, 3.8) is 0 Å². The summed E-state index contributed by atoms with van der Waals surface area (Å²) in [6.45, 7) is 5.09. The molecule has 1 aliphatic carbocycles. The van der Waals surface area contributed by atoms with Gasteiger partial charge in [0.15, 0.2) is 0 Å². The molecule has 2 heterocycles. The molecule has 0 spiro atoms. The molecule has 3 aromatic rings. The molecule has 3 aromatic carbocycles. The molecule has 1 amide bonds. The van der Waals surface area contributed by atoms with E-state index in [1.54, 1.807) is 0 Å². The molecule has 6 rings (SSSR count). The normalized spacial score (nSPS) is 26.5. The molecule has 38 heavy (non-hydrogen) atoms. The van der Waals surface area contributed by atoms with Crippen LogP contribution in [0.4, 0.5) is 0 Å². The number of rotatable bonds is 6. The van der Waals surface area contributed by atoms with Crippen molar-refractivity contribution in [1.29, 1.82) is 0 Å². The molecular weight excluding hydrogens is 464 g/mol. The van der Waals surface area contributed by atoms with Crippen molar-refractivity contribution in [3.8, 4) is 0 Å². The van der Waals surface area contributed by atoms with Gasteiger partial charge in [-0.3, -0.25) is 4.79 Å². The molecule has 2 fully saturated rings. The van der Waals surface area contributed by atoms with E-state index in [4.69, 9.17) is 0 Å². The summed E-state index contributed by atoms with van der Waals surface area (Å²) in [7, 11) is 0. The zero-order valence-corrected chi connectivity index (χ0v) is 22.4. The number of benzene rings is 3. The fourth-order valence-corrected chi connectivity index (χ4v) is 7.18. The second-order valence-corrected chi connectivity index (χ2v) is 11.6. The Morgan fingerprint density at radius 1 is 0.711 bits per heavy atom. The van der Waals surface area contributed by atoms with Crippen LogP contribution in [0.2, 0.25) is 0 Å². The van der Waals surface area contributed by atoms with Crippen LogP contribution >= 0.6 is 0 Å². The highest BCUT2D eigenvalue weighted by atomic mass is 16.2. The van der Waals surface area contributed by atoms with Gasteiger partial charge in [0.2, 0.25) is 5.91 Å². The smallest absolute Gasteiger partial charge is 0.226 e. The molecule has 2 saturated heterocycles. The van der Waals surface area contributed by atoms with Crippen LogP contribution in [0.3, 0.4) is 0 Å². The van der Waals surface area contributed by atoms with E-state index in [-0.39, 0.29) is 11.8 Å². The van der Waals surface area contributed by atoms with Crippen LogP contribution in [0.25, 0.3) is 0 Å². The topological polar surface area (TPSA) is 23.6 Å². The predicted octanol–water partition coefficient (Wildman–Crippen LogP) is 6.86. The van der Waals surface area contributed by atoms with Crippen LogP contribution in [-0.4, -0.2) is 48.4 Å². The van der Waals surface area contributed by atoms with Crippen molar-refractivity contribution in [1.82, 2.24) is 9.80 Å². The molecule has 3 nitrogen and oxygen atoms in total. The van der Waals surface area contributed by atoms with Crippen LogP contribution in [-0.2, 0) is 4.79 Å². The number of likely N-dealkylation sites (tertiary alicyclic amines) is 2. The van der Waals surface area contributed by atoms with Gasteiger partial charge in [0.25, 0.3) is 0 Å². The van der Waals surface area contributed by atoms with Crippen molar-refractivity contribution in [2.45, 2.75) is 43.4 Å². The first-order valence-corrected chi connectivity index (χ1v) is 14.6. The van der Waals surface area contributed by atoms with Gasteiger partial charge in [0, 0.05) is 37.4 Å². The van der Waals surface area contributed by atoms with Gasteiger partial charge < -0.3 is 9.80 Å². The molecule has 0 bridgehead atoms. The fourth-order valence-electron chi connectivity index (χ4n) is 7.18. The highest BCUT2D eigenvalue weighted by Crippen LogP contribution is 2.39. The Bertz CT molecular complexity index is 1200. The number of piperidine rings is 1. The Hall–Kier alpha value is -3.17. The Balaban J connectivity index is 1.16. The maximum absolute atomic E-state index is 14.1. The first-order valence-electron chi connectivity index (χ1n) is 14.6. The van der Waals surface area contributed by atoms with Gasteiger partial charge in [-0.2, -0.15) is 0 Å². The number of amides is 1. The minimum absolute atomic E-state index is 0.0409. The molecular formula is C35H40N2O. The average molecular weight is 505 g/mol. The van der Waals surface area contributed by atoms with E-state index in [0.717, 1.165) is 45.6 Å². The maximum Gasteiger partial charge on any atom is 0.226 e. The zero-order valence-electron chi connectivity index (χ0n) is 22.4. The van der Waals surface area contributed by atoms with Crippen LogP contribution in [0, 0.1) is 11.8 Å². The summed E-state index contributed by atoms with van der Waals surface area (Å²) >= 11 is 0. The second kappa shape index (κ2) is 11.7. The van der Waals surface area contributed by atoms with Crippen molar-refractivity contribution in [2.24, 2.45) is 11.8 Å². The maximum atomic E-state index is 14.1. The summed E-state index contributed by atoms with van der Waals surface area (Å²) < 4.78 is 0. The third-order valence-corrected chi connectivity index (χ3v) is 9.25.